The van der Waals surface area contributed by atoms with Crippen molar-refractivity contribution in [3.05, 3.63) is 16.1 Å². The van der Waals surface area contributed by atoms with E-state index in [2.05, 4.69) is 17.2 Å². The van der Waals surface area contributed by atoms with E-state index in [1.807, 2.05) is 19.4 Å². The molecule has 0 spiro atoms. The lowest BCUT2D eigenvalue weighted by Crippen LogP contribution is -2.49. The van der Waals surface area contributed by atoms with E-state index in [-0.39, 0.29) is 11.9 Å². The van der Waals surface area contributed by atoms with Crippen LogP contribution in [-0.4, -0.2) is 35.4 Å². The van der Waals surface area contributed by atoms with Gasteiger partial charge in [-0.3, -0.25) is 4.79 Å². The summed E-state index contributed by atoms with van der Waals surface area (Å²) < 4.78 is 0. The highest BCUT2D eigenvalue weighted by Crippen LogP contribution is 2.20. The minimum absolute atomic E-state index is 0.0107. The minimum Gasteiger partial charge on any atom is -0.338 e. The lowest BCUT2D eigenvalue weighted by Gasteiger charge is -2.31. The number of likely N-dealkylation sites (N-methyl/N-ethyl adjacent to an activating group) is 1. The van der Waals surface area contributed by atoms with Crippen LogP contribution in [0.25, 0.3) is 0 Å². The Labute approximate surface area is 119 Å². The van der Waals surface area contributed by atoms with Crippen LogP contribution in [0.4, 0.5) is 0 Å². The van der Waals surface area contributed by atoms with E-state index in [9.17, 15) is 4.79 Å². The predicted molar refractivity (Wildman–Crippen MR) is 78.1 cm³/mol. The van der Waals surface area contributed by atoms with Crippen molar-refractivity contribution in [1.82, 2.24) is 15.2 Å². The van der Waals surface area contributed by atoms with Gasteiger partial charge in [0.1, 0.15) is 0 Å². The standard InChI is InChI=1S/C14H23N3OS/c1-4-11-5-6-15-13(7-11)14(18)17(3)8-12-9-19-10(2)16-12/h9,11,13,15H,4-8H2,1-3H3. The number of amides is 1. The second-order valence-corrected chi connectivity index (χ2v) is 6.42. The highest BCUT2D eigenvalue weighted by molar-refractivity contribution is 7.09. The van der Waals surface area contributed by atoms with Crippen molar-refractivity contribution < 1.29 is 4.79 Å². The number of rotatable bonds is 4. The van der Waals surface area contributed by atoms with Crippen molar-refractivity contribution in [2.45, 2.75) is 45.7 Å². The first-order valence-electron chi connectivity index (χ1n) is 6.99. The monoisotopic (exact) mass is 281 g/mol. The molecule has 1 amide bonds. The molecular weight excluding hydrogens is 258 g/mol. The van der Waals surface area contributed by atoms with E-state index < -0.39 is 0 Å². The number of carbonyl (C=O) groups excluding carboxylic acids is 1. The fourth-order valence-electron chi connectivity index (χ4n) is 2.62. The van der Waals surface area contributed by atoms with Crippen molar-refractivity contribution in [3.63, 3.8) is 0 Å². The summed E-state index contributed by atoms with van der Waals surface area (Å²) in [5, 5.41) is 6.43. The molecule has 0 aliphatic carbocycles. The molecule has 1 N–H and O–H groups in total. The van der Waals surface area contributed by atoms with Crippen LogP contribution in [0.3, 0.4) is 0 Å². The molecule has 19 heavy (non-hydrogen) atoms. The number of nitrogens with one attached hydrogen (secondary N) is 1. The van der Waals surface area contributed by atoms with Crippen LogP contribution >= 0.6 is 11.3 Å². The van der Waals surface area contributed by atoms with Gasteiger partial charge in [-0.1, -0.05) is 13.3 Å². The van der Waals surface area contributed by atoms with Gasteiger partial charge in [-0.2, -0.15) is 0 Å². The normalized spacial score (nSPS) is 23.3. The SMILES string of the molecule is CCC1CCNC(C(=O)N(C)Cc2csc(C)n2)C1. The van der Waals surface area contributed by atoms with Gasteiger partial charge in [0.2, 0.25) is 5.91 Å². The number of nitrogens with zero attached hydrogens (tertiary/aromatic N) is 2. The summed E-state index contributed by atoms with van der Waals surface area (Å²) >= 11 is 1.63. The van der Waals surface area contributed by atoms with Crippen LogP contribution in [0, 0.1) is 12.8 Å². The molecule has 5 heteroatoms. The van der Waals surface area contributed by atoms with Crippen molar-refractivity contribution in [2.75, 3.05) is 13.6 Å². The Bertz CT molecular complexity index is 432. The first-order valence-corrected chi connectivity index (χ1v) is 7.87. The molecule has 4 nitrogen and oxygen atoms in total. The molecular formula is C14H23N3OS. The number of hydrogen-bond acceptors (Lipinski definition) is 4. The second kappa shape index (κ2) is 6.48. The first-order chi connectivity index (χ1) is 9.10. The van der Waals surface area contributed by atoms with Crippen LogP contribution in [-0.2, 0) is 11.3 Å². The quantitative estimate of drug-likeness (QED) is 0.920. The molecule has 0 radical (unpaired) electrons. The smallest absolute Gasteiger partial charge is 0.239 e. The molecule has 2 rings (SSSR count). The zero-order valence-electron chi connectivity index (χ0n) is 12.0. The van der Waals surface area contributed by atoms with Gasteiger partial charge in [-0.25, -0.2) is 4.98 Å². The zero-order valence-corrected chi connectivity index (χ0v) is 12.8. The molecule has 1 aliphatic rings. The van der Waals surface area contributed by atoms with Gasteiger partial charge in [-0.05, 0) is 32.2 Å². The summed E-state index contributed by atoms with van der Waals surface area (Å²) in [6.45, 7) is 5.76. The molecule has 1 aromatic rings. The van der Waals surface area contributed by atoms with E-state index in [0.717, 1.165) is 23.7 Å². The van der Waals surface area contributed by atoms with Gasteiger partial charge < -0.3 is 10.2 Å². The van der Waals surface area contributed by atoms with E-state index in [0.29, 0.717) is 12.5 Å². The summed E-state index contributed by atoms with van der Waals surface area (Å²) in [5.74, 6) is 0.883. The number of carbonyl (C=O) groups is 1. The topological polar surface area (TPSA) is 45.2 Å². The third kappa shape index (κ3) is 3.76. The lowest BCUT2D eigenvalue weighted by atomic mass is 9.90. The van der Waals surface area contributed by atoms with Crippen molar-refractivity contribution in [1.29, 1.82) is 0 Å². The van der Waals surface area contributed by atoms with E-state index >= 15 is 0 Å². The molecule has 1 aromatic heterocycles. The van der Waals surface area contributed by atoms with Crippen molar-refractivity contribution in [3.8, 4) is 0 Å². The Morgan fingerprint density at radius 3 is 3.05 bits per heavy atom. The van der Waals surface area contributed by atoms with E-state index in [1.54, 1.807) is 16.2 Å². The maximum absolute atomic E-state index is 12.4. The first kappa shape index (κ1) is 14.5. The highest BCUT2D eigenvalue weighted by atomic mass is 32.1. The Hall–Kier alpha value is -0.940. The molecule has 2 atom stereocenters. The average molecular weight is 281 g/mol. The summed E-state index contributed by atoms with van der Waals surface area (Å²) in [6, 6.07) is -0.0107. The molecule has 2 unspecified atom stereocenters. The zero-order chi connectivity index (χ0) is 13.8. The fourth-order valence-corrected chi connectivity index (χ4v) is 3.23. The average Bonchev–Trinajstić information content (AvgIpc) is 2.83. The van der Waals surface area contributed by atoms with Gasteiger partial charge >= 0.3 is 0 Å². The van der Waals surface area contributed by atoms with Gasteiger partial charge in [0.15, 0.2) is 0 Å². The predicted octanol–water partition coefficient (Wildman–Crippen LogP) is 2.19. The highest BCUT2D eigenvalue weighted by Gasteiger charge is 2.28. The molecule has 106 valence electrons. The summed E-state index contributed by atoms with van der Waals surface area (Å²) in [7, 11) is 1.87. The number of hydrogen-bond donors (Lipinski definition) is 1. The summed E-state index contributed by atoms with van der Waals surface area (Å²) in [5.41, 5.74) is 0.987. The molecule has 0 aromatic carbocycles. The molecule has 1 aliphatic heterocycles. The van der Waals surface area contributed by atoms with Gasteiger partial charge in [0.25, 0.3) is 0 Å². The van der Waals surface area contributed by atoms with Crippen molar-refractivity contribution in [2.24, 2.45) is 5.92 Å². The number of thiazole rings is 1. The third-order valence-electron chi connectivity index (χ3n) is 3.83. The van der Waals surface area contributed by atoms with E-state index in [1.165, 1.54) is 12.8 Å². The molecule has 1 saturated heterocycles. The Kier molecular flexibility index (Phi) is 4.93. The Balaban J connectivity index is 1.91. The maximum atomic E-state index is 12.4. The Morgan fingerprint density at radius 1 is 1.63 bits per heavy atom. The second-order valence-electron chi connectivity index (χ2n) is 5.36. The third-order valence-corrected chi connectivity index (χ3v) is 4.65. The van der Waals surface area contributed by atoms with Crippen molar-refractivity contribution >= 4 is 17.2 Å². The van der Waals surface area contributed by atoms with Gasteiger partial charge in [0.05, 0.1) is 23.3 Å². The van der Waals surface area contributed by atoms with Crippen LogP contribution < -0.4 is 5.32 Å². The van der Waals surface area contributed by atoms with Crippen LogP contribution in [0.5, 0.6) is 0 Å². The number of aromatic nitrogens is 1. The molecule has 0 bridgehead atoms. The number of aryl methyl sites for hydroxylation is 1. The largest absolute Gasteiger partial charge is 0.338 e. The van der Waals surface area contributed by atoms with E-state index in [4.69, 9.17) is 0 Å². The van der Waals surface area contributed by atoms with Crippen LogP contribution in [0.2, 0.25) is 0 Å². The van der Waals surface area contributed by atoms with Gasteiger partial charge in [0, 0.05) is 12.4 Å². The molecule has 1 fully saturated rings. The summed E-state index contributed by atoms with van der Waals surface area (Å²) in [6.07, 6.45) is 3.32. The van der Waals surface area contributed by atoms with Crippen LogP contribution in [0.15, 0.2) is 5.38 Å². The molecule has 2 heterocycles. The van der Waals surface area contributed by atoms with Crippen LogP contribution in [0.1, 0.15) is 36.9 Å². The maximum Gasteiger partial charge on any atom is 0.239 e. The minimum atomic E-state index is -0.0107. The number of piperidine rings is 1. The Morgan fingerprint density at radius 2 is 2.42 bits per heavy atom. The summed E-state index contributed by atoms with van der Waals surface area (Å²) in [4.78, 5) is 18.6. The fraction of sp³-hybridized carbons (Fsp3) is 0.714. The molecule has 0 saturated carbocycles. The lowest BCUT2D eigenvalue weighted by molar-refractivity contribution is -0.133. The van der Waals surface area contributed by atoms with Gasteiger partial charge in [-0.15, -0.1) is 11.3 Å².